The molecule has 0 aliphatic carbocycles. The van der Waals surface area contributed by atoms with Gasteiger partial charge in [0.1, 0.15) is 0 Å². The predicted molar refractivity (Wildman–Crippen MR) is 69.0 cm³/mol. The Morgan fingerprint density at radius 1 is 1.12 bits per heavy atom. The third-order valence-corrected chi connectivity index (χ3v) is 5.13. The molecule has 17 heavy (non-hydrogen) atoms. The molecule has 0 aromatic heterocycles. The lowest BCUT2D eigenvalue weighted by Crippen LogP contribution is -2.56. The van der Waals surface area contributed by atoms with Gasteiger partial charge in [-0.25, -0.2) is 0 Å². The second-order valence-corrected chi connectivity index (χ2v) is 6.28. The lowest BCUT2D eigenvalue weighted by molar-refractivity contribution is 0.0712. The molecule has 94 valence electrons. The van der Waals surface area contributed by atoms with Gasteiger partial charge in [0.15, 0.2) is 0 Å². The van der Waals surface area contributed by atoms with E-state index >= 15 is 0 Å². The average Bonchev–Trinajstić information content (AvgIpc) is 2.41. The van der Waals surface area contributed by atoms with Crippen LogP contribution in [0.25, 0.3) is 0 Å². The summed E-state index contributed by atoms with van der Waals surface area (Å²) in [5.74, 6) is 0. The summed E-state index contributed by atoms with van der Waals surface area (Å²) >= 11 is 0. The van der Waals surface area contributed by atoms with E-state index in [1.54, 1.807) is 27.5 Å². The molecule has 0 saturated carbocycles. The van der Waals surface area contributed by atoms with Crippen LogP contribution in [0.1, 0.15) is 5.56 Å². The van der Waals surface area contributed by atoms with Crippen LogP contribution in [0, 0.1) is 0 Å². The molecule has 0 aliphatic rings. The van der Waals surface area contributed by atoms with E-state index in [0.29, 0.717) is 6.54 Å². The number of rotatable bonds is 7. The van der Waals surface area contributed by atoms with Crippen molar-refractivity contribution in [2.24, 2.45) is 0 Å². The first-order valence-electron chi connectivity index (χ1n) is 5.31. The van der Waals surface area contributed by atoms with Crippen molar-refractivity contribution >= 4 is 8.97 Å². The lowest BCUT2D eigenvalue weighted by Gasteiger charge is -2.34. The average molecular weight is 253 g/mol. The maximum atomic E-state index is 5.41. The molecule has 0 unspecified atom stereocenters. The highest BCUT2D eigenvalue weighted by atomic mass is 28.4. The number of hydrogen-bond acceptors (Lipinski definition) is 4. The van der Waals surface area contributed by atoms with Crippen molar-refractivity contribution in [3.8, 4) is 0 Å². The third kappa shape index (κ3) is 3.16. The molecule has 1 aromatic carbocycles. The molecule has 0 heterocycles. The van der Waals surface area contributed by atoms with Crippen molar-refractivity contribution in [2.75, 3.05) is 21.3 Å². The molecular weight excluding hydrogens is 234 g/mol. The number of nitrogens with zero attached hydrogens (tertiary/aromatic N) is 1. The number of benzene rings is 1. The molecule has 0 N–H and O–H groups in total. The Morgan fingerprint density at radius 2 is 1.65 bits per heavy atom. The highest BCUT2D eigenvalue weighted by Crippen LogP contribution is 2.17. The Bertz CT molecular complexity index is 333. The summed E-state index contributed by atoms with van der Waals surface area (Å²) in [6.07, 6.45) is 1.69. The first-order chi connectivity index (χ1) is 8.22. The Balaban J connectivity index is 2.87. The monoisotopic (exact) mass is 253 g/mol. The summed E-state index contributed by atoms with van der Waals surface area (Å²) in [7, 11) is 1.94. The molecule has 0 spiro atoms. The topological polar surface area (TPSA) is 30.9 Å². The fraction of sp³-hybridized carbons (Fsp3) is 0.333. The molecule has 0 fully saturated rings. The zero-order chi connectivity index (χ0) is 12.7. The van der Waals surface area contributed by atoms with Crippen LogP contribution < -0.4 is 0 Å². The highest BCUT2D eigenvalue weighted by Gasteiger charge is 2.45. The van der Waals surface area contributed by atoms with Crippen molar-refractivity contribution in [3.05, 3.63) is 48.7 Å². The van der Waals surface area contributed by atoms with Gasteiger partial charge in [-0.3, -0.25) is 0 Å². The predicted octanol–water partition coefficient (Wildman–Crippen LogP) is 2.01. The van der Waals surface area contributed by atoms with Gasteiger partial charge in [0.2, 0.25) is 0 Å². The van der Waals surface area contributed by atoms with Crippen molar-refractivity contribution in [1.82, 2.24) is 4.57 Å². The Hall–Kier alpha value is -1.14. The summed E-state index contributed by atoms with van der Waals surface area (Å²) in [6, 6.07) is 10.0. The Kier molecular flexibility index (Phi) is 5.37. The molecule has 0 atom stereocenters. The van der Waals surface area contributed by atoms with Crippen LogP contribution in [-0.4, -0.2) is 34.9 Å². The van der Waals surface area contributed by atoms with Crippen molar-refractivity contribution in [1.29, 1.82) is 0 Å². The van der Waals surface area contributed by atoms with Crippen LogP contribution in [0.4, 0.5) is 0 Å². The van der Waals surface area contributed by atoms with Crippen LogP contribution in [0.15, 0.2) is 43.1 Å². The molecule has 0 bridgehead atoms. The van der Waals surface area contributed by atoms with Gasteiger partial charge >= 0.3 is 8.97 Å². The Labute approximate surface area is 104 Å². The van der Waals surface area contributed by atoms with Crippen LogP contribution in [0.3, 0.4) is 0 Å². The second kappa shape index (κ2) is 6.56. The molecule has 0 aliphatic heterocycles. The highest BCUT2D eigenvalue weighted by molar-refractivity contribution is 6.57. The van der Waals surface area contributed by atoms with Crippen LogP contribution in [0.5, 0.6) is 0 Å². The first kappa shape index (κ1) is 13.9. The SMILES string of the molecule is C=CN(Cc1ccccc1)[Si](OC)(OC)OC. The molecule has 0 amide bonds. The summed E-state index contributed by atoms with van der Waals surface area (Å²) in [5.41, 5.74) is 1.15. The fourth-order valence-corrected chi connectivity index (χ4v) is 3.46. The van der Waals surface area contributed by atoms with Crippen molar-refractivity contribution < 1.29 is 13.3 Å². The summed E-state index contributed by atoms with van der Waals surface area (Å²) < 4.78 is 18.1. The van der Waals surface area contributed by atoms with Gasteiger partial charge < -0.3 is 17.8 Å². The second-order valence-electron chi connectivity index (χ2n) is 3.43. The van der Waals surface area contributed by atoms with Gasteiger partial charge in [0.05, 0.1) is 0 Å². The molecule has 1 aromatic rings. The van der Waals surface area contributed by atoms with Crippen molar-refractivity contribution in [2.45, 2.75) is 6.54 Å². The minimum Gasteiger partial charge on any atom is -0.360 e. The minimum atomic E-state index is -2.81. The maximum Gasteiger partial charge on any atom is 0.632 e. The van der Waals surface area contributed by atoms with Gasteiger partial charge in [-0.15, -0.1) is 0 Å². The van der Waals surface area contributed by atoms with E-state index < -0.39 is 8.97 Å². The van der Waals surface area contributed by atoms with Gasteiger partial charge in [-0.2, -0.15) is 0 Å². The van der Waals surface area contributed by atoms with E-state index in [1.807, 2.05) is 34.9 Å². The first-order valence-corrected chi connectivity index (χ1v) is 6.98. The molecular formula is C12H19NO3Si. The van der Waals surface area contributed by atoms with Crippen LogP contribution >= 0.6 is 0 Å². The zero-order valence-electron chi connectivity index (χ0n) is 10.6. The molecule has 1 rings (SSSR count). The van der Waals surface area contributed by atoms with Gasteiger partial charge in [-0.05, 0) is 11.8 Å². The smallest absolute Gasteiger partial charge is 0.360 e. The van der Waals surface area contributed by atoms with E-state index in [4.69, 9.17) is 13.3 Å². The van der Waals surface area contributed by atoms with Crippen LogP contribution in [-0.2, 0) is 19.8 Å². The van der Waals surface area contributed by atoms with Gasteiger partial charge in [0.25, 0.3) is 0 Å². The van der Waals surface area contributed by atoms with Crippen molar-refractivity contribution in [3.63, 3.8) is 0 Å². The van der Waals surface area contributed by atoms with Gasteiger partial charge in [0, 0.05) is 27.9 Å². The summed E-state index contributed by atoms with van der Waals surface area (Å²) in [6.45, 7) is 4.43. The minimum absolute atomic E-state index is 0.645. The summed E-state index contributed by atoms with van der Waals surface area (Å²) in [4.78, 5) is 0. The summed E-state index contributed by atoms with van der Waals surface area (Å²) in [5, 5.41) is 0. The lowest BCUT2D eigenvalue weighted by atomic mass is 10.2. The van der Waals surface area contributed by atoms with E-state index in [2.05, 4.69) is 6.58 Å². The molecule has 4 nitrogen and oxygen atoms in total. The standard InChI is InChI=1S/C12H19NO3Si/c1-5-13(17(14-2,15-3)16-4)11-12-9-7-6-8-10-12/h5-10H,1,11H2,2-4H3. The third-order valence-electron chi connectivity index (χ3n) is 2.54. The molecule has 5 heteroatoms. The van der Waals surface area contributed by atoms with E-state index in [1.165, 1.54) is 0 Å². The maximum absolute atomic E-state index is 5.41. The van der Waals surface area contributed by atoms with E-state index in [9.17, 15) is 0 Å². The quantitative estimate of drug-likeness (QED) is 0.696. The Morgan fingerprint density at radius 3 is 2.06 bits per heavy atom. The molecule has 0 radical (unpaired) electrons. The zero-order valence-corrected chi connectivity index (χ0v) is 11.6. The normalized spacial score (nSPS) is 11.2. The van der Waals surface area contributed by atoms with E-state index in [0.717, 1.165) is 5.56 Å². The van der Waals surface area contributed by atoms with Gasteiger partial charge in [-0.1, -0.05) is 36.9 Å². The fourth-order valence-electron chi connectivity index (χ4n) is 1.66. The van der Waals surface area contributed by atoms with E-state index in [-0.39, 0.29) is 0 Å². The number of hydrogen-bond donors (Lipinski definition) is 0. The molecule has 0 saturated heterocycles. The largest absolute Gasteiger partial charge is 0.632 e. The van der Waals surface area contributed by atoms with Crippen LogP contribution in [0.2, 0.25) is 0 Å².